The van der Waals surface area contributed by atoms with Gasteiger partial charge in [-0.15, -0.1) is 0 Å². The second-order valence-electron chi connectivity index (χ2n) is 5.55. The summed E-state index contributed by atoms with van der Waals surface area (Å²) in [6.07, 6.45) is -4.01. The first-order chi connectivity index (χ1) is 9.15. The van der Waals surface area contributed by atoms with Crippen LogP contribution >= 0.6 is 0 Å². The van der Waals surface area contributed by atoms with E-state index < -0.39 is 23.7 Å². The van der Waals surface area contributed by atoms with Gasteiger partial charge in [-0.3, -0.25) is 4.79 Å². The quantitative estimate of drug-likeness (QED) is 0.829. The minimum absolute atomic E-state index is 0.0970. The maximum absolute atomic E-state index is 12.9. The van der Waals surface area contributed by atoms with Gasteiger partial charge >= 0.3 is 6.18 Å². The van der Waals surface area contributed by atoms with Gasteiger partial charge in [0, 0.05) is 13.1 Å². The smallest absolute Gasteiger partial charge is 0.379 e. The SMILES string of the molecule is CCC(CC)(CN)C(=O)N1CCCC(O)(C(F)(F)F)C1. The van der Waals surface area contributed by atoms with Gasteiger partial charge in [-0.2, -0.15) is 13.2 Å². The molecule has 118 valence electrons. The predicted octanol–water partition coefficient (Wildman–Crippen LogP) is 1.67. The van der Waals surface area contributed by atoms with Gasteiger partial charge < -0.3 is 15.7 Å². The molecular formula is C13H23F3N2O2. The number of nitrogens with zero attached hydrogens (tertiary/aromatic N) is 1. The second kappa shape index (κ2) is 5.89. The van der Waals surface area contributed by atoms with Crippen molar-refractivity contribution in [3.63, 3.8) is 0 Å². The van der Waals surface area contributed by atoms with Gasteiger partial charge in [-0.1, -0.05) is 13.8 Å². The summed E-state index contributed by atoms with van der Waals surface area (Å²) in [5.74, 6) is -0.382. The Morgan fingerprint density at radius 3 is 2.30 bits per heavy atom. The molecule has 1 fully saturated rings. The molecule has 1 unspecified atom stereocenters. The van der Waals surface area contributed by atoms with Crippen LogP contribution in [0.3, 0.4) is 0 Å². The summed E-state index contributed by atoms with van der Waals surface area (Å²) < 4.78 is 38.7. The van der Waals surface area contributed by atoms with Crippen LogP contribution in [0.1, 0.15) is 39.5 Å². The molecule has 4 nitrogen and oxygen atoms in total. The lowest BCUT2D eigenvalue weighted by molar-refractivity contribution is -0.273. The molecule has 0 aromatic rings. The number of hydrogen-bond acceptors (Lipinski definition) is 3. The summed E-state index contributed by atoms with van der Waals surface area (Å²) in [4.78, 5) is 13.6. The number of carbonyl (C=O) groups excluding carboxylic acids is 1. The molecule has 1 heterocycles. The molecule has 0 aliphatic carbocycles. The van der Waals surface area contributed by atoms with Crippen molar-refractivity contribution in [1.82, 2.24) is 4.90 Å². The van der Waals surface area contributed by atoms with Crippen LogP contribution in [0.2, 0.25) is 0 Å². The molecule has 0 saturated carbocycles. The molecule has 1 rings (SSSR count). The third-order valence-corrected chi connectivity index (χ3v) is 4.48. The molecular weight excluding hydrogens is 273 g/mol. The van der Waals surface area contributed by atoms with E-state index in [9.17, 15) is 23.1 Å². The fourth-order valence-electron chi connectivity index (χ4n) is 2.70. The number of carbonyl (C=O) groups is 1. The van der Waals surface area contributed by atoms with Crippen LogP contribution in [0.5, 0.6) is 0 Å². The third kappa shape index (κ3) is 2.93. The van der Waals surface area contributed by atoms with Gasteiger partial charge in [0.15, 0.2) is 5.60 Å². The number of β-amino-alcohol motifs (C(OH)–C–C–N with tert-alkyl or cyclic N) is 1. The number of aliphatic hydroxyl groups is 1. The lowest BCUT2D eigenvalue weighted by Gasteiger charge is -2.43. The van der Waals surface area contributed by atoms with Crippen molar-refractivity contribution in [2.45, 2.75) is 51.3 Å². The Bertz CT molecular complexity index is 348. The highest BCUT2D eigenvalue weighted by Crippen LogP contribution is 2.39. The molecule has 0 bridgehead atoms. The highest BCUT2D eigenvalue weighted by molar-refractivity contribution is 5.83. The van der Waals surface area contributed by atoms with E-state index >= 15 is 0 Å². The van der Waals surface area contributed by atoms with Gasteiger partial charge in [0.1, 0.15) is 0 Å². The molecule has 1 aliphatic rings. The first-order valence-electron chi connectivity index (χ1n) is 6.94. The summed E-state index contributed by atoms with van der Waals surface area (Å²) in [6.45, 7) is 3.23. The molecule has 1 atom stereocenters. The normalized spacial score (nSPS) is 24.9. The molecule has 3 N–H and O–H groups in total. The fraction of sp³-hybridized carbons (Fsp3) is 0.923. The van der Waals surface area contributed by atoms with Crippen LogP contribution in [0, 0.1) is 5.41 Å². The van der Waals surface area contributed by atoms with Crippen LogP contribution in [-0.4, -0.2) is 47.3 Å². The van der Waals surface area contributed by atoms with Crippen molar-refractivity contribution < 1.29 is 23.1 Å². The standard InChI is InChI=1S/C13H23F3N2O2/c1-3-11(4-2,8-17)10(19)18-7-5-6-12(20,9-18)13(14,15)16/h20H,3-9,17H2,1-2H3. The first kappa shape index (κ1) is 17.2. The van der Waals surface area contributed by atoms with Crippen LogP contribution in [0.15, 0.2) is 0 Å². The van der Waals surface area contributed by atoms with Gasteiger partial charge in [0.2, 0.25) is 5.91 Å². The van der Waals surface area contributed by atoms with Crippen LogP contribution in [0.25, 0.3) is 0 Å². The molecule has 1 saturated heterocycles. The Kier molecular flexibility index (Phi) is 5.08. The van der Waals surface area contributed by atoms with E-state index in [-0.39, 0.29) is 31.8 Å². The number of nitrogens with two attached hydrogens (primary N) is 1. The predicted molar refractivity (Wildman–Crippen MR) is 68.9 cm³/mol. The topological polar surface area (TPSA) is 66.6 Å². The van der Waals surface area contributed by atoms with Crippen molar-refractivity contribution >= 4 is 5.91 Å². The largest absolute Gasteiger partial charge is 0.418 e. The maximum Gasteiger partial charge on any atom is 0.418 e. The Hall–Kier alpha value is -0.820. The van der Waals surface area contributed by atoms with Crippen molar-refractivity contribution in [3.05, 3.63) is 0 Å². The van der Waals surface area contributed by atoms with E-state index in [2.05, 4.69) is 0 Å². The van der Waals surface area contributed by atoms with Gasteiger partial charge in [0.05, 0.1) is 12.0 Å². The van der Waals surface area contributed by atoms with Crippen molar-refractivity contribution in [2.75, 3.05) is 19.6 Å². The maximum atomic E-state index is 12.9. The highest BCUT2D eigenvalue weighted by Gasteiger charge is 2.56. The van der Waals surface area contributed by atoms with E-state index in [1.807, 2.05) is 0 Å². The summed E-state index contributed by atoms with van der Waals surface area (Å²) in [7, 11) is 0. The summed E-state index contributed by atoms with van der Waals surface area (Å²) in [5, 5.41) is 9.76. The van der Waals surface area contributed by atoms with Gasteiger partial charge in [-0.25, -0.2) is 0 Å². The lowest BCUT2D eigenvalue weighted by atomic mass is 9.79. The molecule has 0 radical (unpaired) electrons. The molecule has 20 heavy (non-hydrogen) atoms. The monoisotopic (exact) mass is 296 g/mol. The fourth-order valence-corrected chi connectivity index (χ4v) is 2.70. The van der Waals surface area contributed by atoms with Crippen LogP contribution in [0.4, 0.5) is 13.2 Å². The van der Waals surface area contributed by atoms with Crippen molar-refractivity contribution in [1.29, 1.82) is 0 Å². The van der Waals surface area contributed by atoms with E-state index in [1.54, 1.807) is 13.8 Å². The van der Waals surface area contributed by atoms with E-state index in [0.29, 0.717) is 12.8 Å². The highest BCUT2D eigenvalue weighted by atomic mass is 19.4. The number of amides is 1. The summed E-state index contributed by atoms with van der Waals surface area (Å²) >= 11 is 0. The Morgan fingerprint density at radius 1 is 1.35 bits per heavy atom. The molecule has 7 heteroatoms. The minimum Gasteiger partial charge on any atom is -0.379 e. The summed E-state index contributed by atoms with van der Waals surface area (Å²) in [5.41, 5.74) is 2.03. The van der Waals surface area contributed by atoms with Crippen LogP contribution < -0.4 is 5.73 Å². The third-order valence-electron chi connectivity index (χ3n) is 4.48. The van der Waals surface area contributed by atoms with Gasteiger partial charge in [-0.05, 0) is 25.7 Å². The molecule has 0 spiro atoms. The Morgan fingerprint density at radius 2 is 1.90 bits per heavy atom. The van der Waals surface area contributed by atoms with E-state index in [4.69, 9.17) is 5.73 Å². The van der Waals surface area contributed by atoms with Gasteiger partial charge in [0.25, 0.3) is 0 Å². The minimum atomic E-state index is -4.73. The van der Waals surface area contributed by atoms with E-state index in [1.165, 1.54) is 0 Å². The van der Waals surface area contributed by atoms with E-state index in [0.717, 1.165) is 4.90 Å². The first-order valence-corrected chi connectivity index (χ1v) is 6.94. The number of piperidine rings is 1. The van der Waals surface area contributed by atoms with Crippen molar-refractivity contribution in [2.24, 2.45) is 11.1 Å². The zero-order valence-corrected chi connectivity index (χ0v) is 12.0. The number of alkyl halides is 3. The number of halogens is 3. The number of rotatable bonds is 4. The average Bonchev–Trinajstić information content (AvgIpc) is 2.40. The second-order valence-corrected chi connectivity index (χ2v) is 5.55. The number of hydrogen-bond donors (Lipinski definition) is 2. The lowest BCUT2D eigenvalue weighted by Crippen LogP contribution is -2.60. The van der Waals surface area contributed by atoms with Crippen LogP contribution in [-0.2, 0) is 4.79 Å². The average molecular weight is 296 g/mol. The number of likely N-dealkylation sites (tertiary alicyclic amines) is 1. The molecule has 0 aromatic carbocycles. The Balaban J connectivity index is 2.95. The zero-order chi connectivity index (χ0) is 15.6. The zero-order valence-electron chi connectivity index (χ0n) is 12.0. The van der Waals surface area contributed by atoms with Crippen molar-refractivity contribution in [3.8, 4) is 0 Å². The Labute approximate surface area is 117 Å². The molecule has 1 aliphatic heterocycles. The molecule has 1 amide bonds. The summed E-state index contributed by atoms with van der Waals surface area (Å²) in [6, 6.07) is 0. The molecule has 0 aromatic heterocycles.